The van der Waals surface area contributed by atoms with E-state index in [0.29, 0.717) is 51.4 Å². The van der Waals surface area contributed by atoms with Crippen molar-refractivity contribution in [3.05, 3.63) is 47.6 Å². The van der Waals surface area contributed by atoms with Gasteiger partial charge < -0.3 is 88.2 Å². The molecule has 2 saturated heterocycles. The third-order valence-electron chi connectivity index (χ3n) is 21.9. The summed E-state index contributed by atoms with van der Waals surface area (Å²) in [6, 6.07) is 0. The van der Waals surface area contributed by atoms with Gasteiger partial charge in [-0.25, -0.2) is 9.59 Å². The fourth-order valence-corrected chi connectivity index (χ4v) is 15.0. The second-order valence-corrected chi connectivity index (χ2v) is 29.5. The first-order valence-corrected chi connectivity index (χ1v) is 35.7. The van der Waals surface area contributed by atoms with Crippen LogP contribution in [0.15, 0.2) is 47.6 Å². The number of methoxy groups -OCH3 is 4. The van der Waals surface area contributed by atoms with Gasteiger partial charge in [-0.3, -0.25) is 0 Å². The van der Waals surface area contributed by atoms with E-state index in [4.69, 9.17) is 47.4 Å². The van der Waals surface area contributed by atoms with Gasteiger partial charge in [-0.15, -0.1) is 0 Å². The number of aliphatic hydroxyl groups is 8. The molecule has 0 aromatic rings. The minimum atomic E-state index is -1.18. The first-order chi connectivity index (χ1) is 44.5. The summed E-state index contributed by atoms with van der Waals surface area (Å²) in [5.41, 5.74) is 0.470. The molecule has 8 N–H and O–H groups in total. The molecule has 5 rings (SSSR count). The molecule has 0 spiro atoms. The molecule has 5 heterocycles. The van der Waals surface area contributed by atoms with Crippen LogP contribution in [0.2, 0.25) is 0 Å². The monoisotopic (exact) mass is 1340 g/mol. The highest BCUT2D eigenvalue weighted by Gasteiger charge is 2.43. The number of cyclic esters (lactones) is 2. The molecule has 5 aliphatic heterocycles. The molecule has 0 aromatic carbocycles. The Kier molecular flexibility index (Phi) is 35.3. The quantitative estimate of drug-likeness (QED) is 0.0528. The third kappa shape index (κ3) is 25.5. The predicted octanol–water partition coefficient (Wildman–Crippen LogP) is 9.00. The first kappa shape index (κ1) is 81.9. The maximum absolute atomic E-state index is 14.2. The molecule has 0 aromatic heterocycles. The summed E-state index contributed by atoms with van der Waals surface area (Å²) in [7, 11) is 6.56. The molecule has 0 radical (unpaired) electrons. The predicted molar refractivity (Wildman–Crippen MR) is 359 cm³/mol. The van der Waals surface area contributed by atoms with Gasteiger partial charge in [0.1, 0.15) is 12.2 Å². The van der Waals surface area contributed by atoms with Gasteiger partial charge >= 0.3 is 11.9 Å². The molecule has 94 heavy (non-hydrogen) atoms. The van der Waals surface area contributed by atoms with Crippen molar-refractivity contribution in [3.8, 4) is 0 Å². The lowest BCUT2D eigenvalue weighted by molar-refractivity contribution is -0.160. The zero-order chi connectivity index (χ0) is 69.7. The Morgan fingerprint density at radius 1 is 0.457 bits per heavy atom. The number of carbonyl (C=O) groups is 2. The number of aliphatic hydroxyl groups excluding tert-OH is 8. The molecule has 0 saturated carbocycles. The van der Waals surface area contributed by atoms with Crippen LogP contribution in [0.3, 0.4) is 0 Å². The molecular formula is C74H128O20. The van der Waals surface area contributed by atoms with Gasteiger partial charge in [0.15, 0.2) is 0 Å². The number of carbonyl (C=O) groups excluding carboxylic acids is 2. The highest BCUT2D eigenvalue weighted by molar-refractivity contribution is 5.88. The normalized spacial score (nSPS) is 41.4. The molecule has 0 amide bonds. The average molecular weight is 1340 g/mol. The third-order valence-corrected chi connectivity index (χ3v) is 21.9. The van der Waals surface area contributed by atoms with Crippen molar-refractivity contribution in [2.75, 3.05) is 28.4 Å². The van der Waals surface area contributed by atoms with E-state index in [0.717, 1.165) is 25.7 Å². The van der Waals surface area contributed by atoms with Crippen LogP contribution < -0.4 is 0 Å². The maximum Gasteiger partial charge on any atom is 0.333 e. The lowest BCUT2D eigenvalue weighted by Gasteiger charge is -2.38. The number of ether oxygens (including phenoxy) is 10. The number of hydrogen-bond acceptors (Lipinski definition) is 20. The van der Waals surface area contributed by atoms with Crippen molar-refractivity contribution in [1.29, 1.82) is 0 Å². The summed E-state index contributed by atoms with van der Waals surface area (Å²) in [5.74, 6) is -5.62. The van der Waals surface area contributed by atoms with Crippen LogP contribution in [-0.2, 0) is 57.0 Å². The van der Waals surface area contributed by atoms with Crippen molar-refractivity contribution in [2.24, 2.45) is 47.3 Å². The van der Waals surface area contributed by atoms with Crippen LogP contribution in [0.4, 0.5) is 0 Å². The zero-order valence-corrected chi connectivity index (χ0v) is 60.0. The van der Waals surface area contributed by atoms with E-state index in [1.807, 2.05) is 79.7 Å². The minimum Gasteiger partial charge on any atom is -0.458 e. The Hall–Kier alpha value is -2.74. The average Bonchev–Trinajstić information content (AvgIpc) is 0.891. The van der Waals surface area contributed by atoms with Crippen LogP contribution in [0.1, 0.15) is 199 Å². The van der Waals surface area contributed by atoms with E-state index in [2.05, 4.69) is 0 Å². The molecule has 2 fully saturated rings. The Morgan fingerprint density at radius 2 is 0.809 bits per heavy atom. The fourth-order valence-electron chi connectivity index (χ4n) is 15.0. The van der Waals surface area contributed by atoms with Crippen molar-refractivity contribution in [2.45, 2.75) is 333 Å². The standard InChI is InChI=1S/C74H128O20/c1-41(25-29-59-35-61(85-13)31-45(5)89-59)69(81)51(11)71-49(9)65(79)39-63(77)47(7)67(87-15)37-57-21-18-20-56(92-57)34-54(76)28-24-44(4)74(84)94-72(52(12)70(82)42(2)26-30-60-36-62(86-14)32-46(6)90-60)50(10)66(80)40-64(78)48(8)68(88-16)38-58-22-17-19-55(91-58)33-53(75)27-23-43(3)73(83)93-71/h17-20,23-24,41-42,45-72,75-82H,21-22,25-40H2,1-16H3/b43-23+,44-24+/t41-,42-,45-,46-,47-,48-,49-,50-,51-,52-,53-,54-,55-,56-,57-,58-,59-,60-,61+,62+,63-,64-,65+,66+,67-,68-,69-,70-,71-,72?/m0/s1. The molecule has 30 atom stereocenters. The Morgan fingerprint density at radius 3 is 1.15 bits per heavy atom. The molecule has 4 bridgehead atoms. The van der Waals surface area contributed by atoms with Crippen LogP contribution >= 0.6 is 0 Å². The van der Waals surface area contributed by atoms with Crippen LogP contribution in [-0.4, -0.2) is 216 Å². The van der Waals surface area contributed by atoms with E-state index in [-0.39, 0.29) is 110 Å². The van der Waals surface area contributed by atoms with E-state index < -0.39 is 133 Å². The van der Waals surface area contributed by atoms with Gasteiger partial charge in [-0.1, -0.05) is 91.8 Å². The topological polar surface area (TPSA) is 288 Å². The van der Waals surface area contributed by atoms with Crippen molar-refractivity contribution in [3.63, 3.8) is 0 Å². The summed E-state index contributed by atoms with van der Waals surface area (Å²) < 4.78 is 61.5. The maximum atomic E-state index is 14.2. The highest BCUT2D eigenvalue weighted by Crippen LogP contribution is 2.37. The van der Waals surface area contributed by atoms with E-state index in [9.17, 15) is 50.4 Å². The smallest absolute Gasteiger partial charge is 0.333 e. The molecule has 1 unspecified atom stereocenters. The van der Waals surface area contributed by atoms with Crippen molar-refractivity contribution in [1.82, 2.24) is 0 Å². The number of rotatable bonds is 16. The molecular weight excluding hydrogens is 1210 g/mol. The van der Waals surface area contributed by atoms with Crippen molar-refractivity contribution >= 4 is 11.9 Å². The Bertz CT molecular complexity index is 2160. The van der Waals surface area contributed by atoms with Gasteiger partial charge in [-0.2, -0.15) is 0 Å². The first-order valence-electron chi connectivity index (χ1n) is 35.7. The highest BCUT2D eigenvalue weighted by atomic mass is 16.6. The second kappa shape index (κ2) is 40.5. The summed E-state index contributed by atoms with van der Waals surface area (Å²) >= 11 is 0. The minimum absolute atomic E-state index is 0.0361. The Balaban J connectivity index is 1.38. The number of fused-ring (bicyclic) bond motifs is 4. The van der Waals surface area contributed by atoms with E-state index in [1.54, 1.807) is 68.3 Å². The Labute approximate surface area is 563 Å². The molecule has 5 aliphatic rings. The lowest BCUT2D eigenvalue weighted by Crippen LogP contribution is -2.46. The summed E-state index contributed by atoms with van der Waals surface area (Å²) in [4.78, 5) is 28.4. The van der Waals surface area contributed by atoms with Crippen molar-refractivity contribution < 1.29 is 97.8 Å². The molecule has 0 aliphatic carbocycles. The second-order valence-electron chi connectivity index (χ2n) is 29.5. The van der Waals surface area contributed by atoms with Crippen LogP contribution in [0.25, 0.3) is 0 Å². The molecule has 20 nitrogen and oxygen atoms in total. The summed E-state index contributed by atoms with van der Waals surface area (Å²) in [6.07, 6.45) is 6.49. The fraction of sp³-hybridized carbons (Fsp3) is 0.865. The largest absolute Gasteiger partial charge is 0.458 e. The molecule has 20 heteroatoms. The summed E-state index contributed by atoms with van der Waals surface area (Å²) in [6.45, 7) is 22.1. The van der Waals surface area contributed by atoms with Gasteiger partial charge in [0, 0.05) is 101 Å². The van der Waals surface area contributed by atoms with Gasteiger partial charge in [-0.05, 0) is 129 Å². The van der Waals surface area contributed by atoms with Gasteiger partial charge in [0.25, 0.3) is 0 Å². The number of esters is 2. The van der Waals surface area contributed by atoms with Crippen LogP contribution in [0, 0.1) is 47.3 Å². The molecule has 544 valence electrons. The van der Waals surface area contributed by atoms with Gasteiger partial charge in [0.05, 0.1) is 122 Å². The van der Waals surface area contributed by atoms with E-state index >= 15 is 0 Å². The van der Waals surface area contributed by atoms with E-state index in [1.165, 1.54) is 0 Å². The lowest BCUT2D eigenvalue weighted by atomic mass is 9.78. The SMILES string of the molecule is CO[C@H]1C[C@H](CC[C@H](C)[C@H](O)[C@H](C)[C@H]2OC(=O)/C(C)=C/C[C@H](O)C[C@@H]3C=CC[C@@H](C[C@H](OC)[C@@H](C)[C@@H](O)C[C@@H](O)[C@H](C)C([C@@H](C)[C@@H](O)[C@@H](C)CC[C@H]4C[C@H](OC)C[C@H](C)O4)OC(=O)/C(C)=C/C[C@H](O)C[C@@H]4C=CC[C@@H](C[C@H](OC)[C@@H](C)[C@@H](O)C[C@@H](O)[C@@H]2C)O4)O3)O[C@@H](C)C1. The number of hydrogen-bond donors (Lipinski definition) is 8. The zero-order valence-electron chi connectivity index (χ0n) is 60.0. The van der Waals surface area contributed by atoms with Crippen LogP contribution in [0.5, 0.6) is 0 Å². The van der Waals surface area contributed by atoms with Gasteiger partial charge in [0.2, 0.25) is 0 Å². The summed E-state index contributed by atoms with van der Waals surface area (Å²) in [5, 5.41) is 94.8.